The van der Waals surface area contributed by atoms with Crippen LogP contribution in [-0.4, -0.2) is 17.8 Å². The number of quaternary nitrogens is 1. The first-order valence-electron chi connectivity index (χ1n) is 3.39. The third kappa shape index (κ3) is 5.80. The number of rotatable bonds is 2. The van der Waals surface area contributed by atoms with Crippen molar-refractivity contribution in [3.8, 4) is 0 Å². The van der Waals surface area contributed by atoms with E-state index < -0.39 is 0 Å². The van der Waals surface area contributed by atoms with Gasteiger partial charge in [-0.15, -0.1) is 0 Å². The Hall–Kier alpha value is -0.0800. The highest BCUT2D eigenvalue weighted by molar-refractivity contribution is 4.65. The summed E-state index contributed by atoms with van der Waals surface area (Å²) < 4.78 is 0. The van der Waals surface area contributed by atoms with Gasteiger partial charge in [0.2, 0.25) is 0 Å². The Balaban J connectivity index is 3.47. The summed E-state index contributed by atoms with van der Waals surface area (Å²) in [6.45, 7) is 6.67. The summed E-state index contributed by atoms with van der Waals surface area (Å²) in [5.41, 5.74) is 4.09. The largest absolute Gasteiger partial charge is 0.390 e. The van der Waals surface area contributed by atoms with Gasteiger partial charge in [0.15, 0.2) is 0 Å². The van der Waals surface area contributed by atoms with Crippen molar-refractivity contribution in [3.63, 3.8) is 0 Å². The van der Waals surface area contributed by atoms with Crippen LogP contribution >= 0.6 is 0 Å². The maximum absolute atomic E-state index is 8.64. The van der Waals surface area contributed by atoms with Crippen molar-refractivity contribution in [2.75, 3.05) is 6.61 Å². The molecule has 0 heterocycles. The third-order valence-electron chi connectivity index (χ3n) is 1.16. The predicted octanol–water partition coefficient (Wildman–Crippen LogP) is 0.0254. The number of aliphatic hydroxyl groups is 1. The SMILES string of the molecule is CC(C)(C)C[C@@H]([NH3+])CO. The van der Waals surface area contributed by atoms with Gasteiger partial charge < -0.3 is 10.8 Å². The molecular formula is C7H18NO+. The zero-order valence-electron chi connectivity index (χ0n) is 6.65. The zero-order valence-corrected chi connectivity index (χ0v) is 6.65. The zero-order chi connectivity index (χ0) is 7.49. The molecule has 0 spiro atoms. The third-order valence-corrected chi connectivity index (χ3v) is 1.16. The van der Waals surface area contributed by atoms with Crippen LogP contribution in [0, 0.1) is 5.41 Å². The highest BCUT2D eigenvalue weighted by atomic mass is 16.3. The van der Waals surface area contributed by atoms with Crippen molar-refractivity contribution in [1.82, 2.24) is 0 Å². The van der Waals surface area contributed by atoms with E-state index in [9.17, 15) is 0 Å². The van der Waals surface area contributed by atoms with E-state index in [1.165, 1.54) is 0 Å². The minimum absolute atomic E-state index is 0.199. The number of hydrogen-bond acceptors (Lipinski definition) is 1. The van der Waals surface area contributed by atoms with Gasteiger partial charge in [0, 0.05) is 6.42 Å². The lowest BCUT2D eigenvalue weighted by Gasteiger charge is -2.19. The minimum atomic E-state index is 0.199. The summed E-state index contributed by atoms with van der Waals surface area (Å²) in [5.74, 6) is 0. The van der Waals surface area contributed by atoms with Crippen LogP contribution in [0.3, 0.4) is 0 Å². The lowest BCUT2D eigenvalue weighted by Crippen LogP contribution is -2.63. The van der Waals surface area contributed by atoms with Crippen LogP contribution in [-0.2, 0) is 0 Å². The minimum Gasteiger partial charge on any atom is -0.390 e. The Morgan fingerprint density at radius 3 is 2.00 bits per heavy atom. The van der Waals surface area contributed by atoms with Crippen LogP contribution in [0.4, 0.5) is 0 Å². The van der Waals surface area contributed by atoms with Crippen LogP contribution in [0.15, 0.2) is 0 Å². The van der Waals surface area contributed by atoms with Gasteiger partial charge in [-0.3, -0.25) is 0 Å². The molecule has 0 aliphatic heterocycles. The van der Waals surface area contributed by atoms with E-state index in [-0.39, 0.29) is 12.6 Å². The summed E-state index contributed by atoms with van der Waals surface area (Å²) in [4.78, 5) is 0. The van der Waals surface area contributed by atoms with E-state index in [4.69, 9.17) is 5.11 Å². The van der Waals surface area contributed by atoms with Crippen molar-refractivity contribution in [1.29, 1.82) is 0 Å². The maximum Gasteiger partial charge on any atom is 0.108 e. The van der Waals surface area contributed by atoms with Gasteiger partial charge in [-0.25, -0.2) is 0 Å². The fraction of sp³-hybridized carbons (Fsp3) is 1.00. The Morgan fingerprint density at radius 2 is 1.89 bits per heavy atom. The normalized spacial score (nSPS) is 15.7. The van der Waals surface area contributed by atoms with E-state index in [0.29, 0.717) is 5.41 Å². The molecule has 0 radical (unpaired) electrons. The molecule has 2 heteroatoms. The molecule has 9 heavy (non-hydrogen) atoms. The fourth-order valence-electron chi connectivity index (χ4n) is 0.931. The van der Waals surface area contributed by atoms with Gasteiger partial charge in [-0.05, 0) is 5.41 Å². The molecule has 0 saturated heterocycles. The molecule has 0 aromatic rings. The van der Waals surface area contributed by atoms with E-state index in [1.54, 1.807) is 0 Å². The molecule has 0 aliphatic carbocycles. The molecule has 0 rings (SSSR count). The number of hydrogen-bond donors (Lipinski definition) is 2. The molecule has 56 valence electrons. The fourth-order valence-corrected chi connectivity index (χ4v) is 0.931. The topological polar surface area (TPSA) is 47.9 Å². The van der Waals surface area contributed by atoms with E-state index in [0.717, 1.165) is 6.42 Å². The molecule has 4 N–H and O–H groups in total. The Labute approximate surface area is 57.1 Å². The highest BCUT2D eigenvalue weighted by Crippen LogP contribution is 2.18. The number of aliphatic hydroxyl groups excluding tert-OH is 1. The van der Waals surface area contributed by atoms with Crippen LogP contribution in [0.2, 0.25) is 0 Å². The second kappa shape index (κ2) is 3.18. The van der Waals surface area contributed by atoms with Crippen LogP contribution in [0.25, 0.3) is 0 Å². The van der Waals surface area contributed by atoms with Gasteiger partial charge in [0.05, 0.1) is 6.61 Å². The Bertz CT molecular complexity index is 75.5. The molecule has 0 aromatic heterocycles. The van der Waals surface area contributed by atoms with Crippen LogP contribution in [0.1, 0.15) is 27.2 Å². The first-order chi connectivity index (χ1) is 3.95. The quantitative estimate of drug-likeness (QED) is 0.547. The van der Waals surface area contributed by atoms with E-state index in [2.05, 4.69) is 26.5 Å². The van der Waals surface area contributed by atoms with Crippen LogP contribution in [0.5, 0.6) is 0 Å². The summed E-state index contributed by atoms with van der Waals surface area (Å²) in [6.07, 6.45) is 0.990. The Kier molecular flexibility index (Phi) is 3.15. The molecule has 0 fully saturated rings. The molecule has 0 amide bonds. The van der Waals surface area contributed by atoms with Gasteiger partial charge in [-0.2, -0.15) is 0 Å². The monoisotopic (exact) mass is 132 g/mol. The van der Waals surface area contributed by atoms with Crippen molar-refractivity contribution >= 4 is 0 Å². The van der Waals surface area contributed by atoms with Gasteiger partial charge >= 0.3 is 0 Å². The Morgan fingerprint density at radius 1 is 1.44 bits per heavy atom. The van der Waals surface area contributed by atoms with E-state index >= 15 is 0 Å². The molecular weight excluding hydrogens is 114 g/mol. The van der Waals surface area contributed by atoms with Crippen molar-refractivity contribution in [2.24, 2.45) is 5.41 Å². The molecule has 0 saturated carbocycles. The summed E-state index contributed by atoms with van der Waals surface area (Å²) >= 11 is 0. The molecule has 0 unspecified atom stereocenters. The summed E-state index contributed by atoms with van der Waals surface area (Å²) in [6, 6.07) is 0.199. The van der Waals surface area contributed by atoms with Crippen LogP contribution < -0.4 is 5.73 Å². The maximum atomic E-state index is 8.64. The molecule has 2 nitrogen and oxygen atoms in total. The smallest absolute Gasteiger partial charge is 0.108 e. The van der Waals surface area contributed by atoms with Crippen molar-refractivity contribution in [3.05, 3.63) is 0 Å². The molecule has 1 atom stereocenters. The second-order valence-corrected chi connectivity index (χ2v) is 3.81. The molecule has 0 aliphatic rings. The first-order valence-corrected chi connectivity index (χ1v) is 3.39. The lowest BCUT2D eigenvalue weighted by molar-refractivity contribution is -0.430. The summed E-state index contributed by atoms with van der Waals surface area (Å²) in [7, 11) is 0. The van der Waals surface area contributed by atoms with Crippen molar-refractivity contribution < 1.29 is 10.8 Å². The average Bonchev–Trinajstić information content (AvgIpc) is 1.62. The van der Waals surface area contributed by atoms with E-state index in [1.807, 2.05) is 0 Å². The second-order valence-electron chi connectivity index (χ2n) is 3.81. The lowest BCUT2D eigenvalue weighted by atomic mass is 9.89. The van der Waals surface area contributed by atoms with Gasteiger partial charge in [0.25, 0.3) is 0 Å². The first kappa shape index (κ1) is 8.92. The predicted molar refractivity (Wildman–Crippen MR) is 37.8 cm³/mol. The average molecular weight is 132 g/mol. The molecule has 0 bridgehead atoms. The highest BCUT2D eigenvalue weighted by Gasteiger charge is 2.16. The van der Waals surface area contributed by atoms with Gasteiger partial charge in [0.1, 0.15) is 6.04 Å². The molecule has 0 aromatic carbocycles. The van der Waals surface area contributed by atoms with Gasteiger partial charge in [-0.1, -0.05) is 20.8 Å². The summed E-state index contributed by atoms with van der Waals surface area (Å²) in [5, 5.41) is 8.64. The standard InChI is InChI=1S/C7H17NO/c1-7(2,3)4-6(8)5-9/h6,9H,4-5,8H2,1-3H3/p+1/t6-/m1/s1. The van der Waals surface area contributed by atoms with Crippen molar-refractivity contribution in [2.45, 2.75) is 33.2 Å².